The van der Waals surface area contributed by atoms with Crippen molar-refractivity contribution in [3.8, 4) is 11.5 Å². The minimum absolute atomic E-state index is 0.00278. The lowest BCUT2D eigenvalue weighted by molar-refractivity contribution is -0.147. The molecule has 114 valence electrons. The molecule has 21 heavy (non-hydrogen) atoms. The quantitative estimate of drug-likeness (QED) is 0.590. The Morgan fingerprint density at radius 2 is 1.57 bits per heavy atom. The van der Waals surface area contributed by atoms with Gasteiger partial charge in [-0.15, -0.1) is 0 Å². The summed E-state index contributed by atoms with van der Waals surface area (Å²) in [5, 5.41) is 0. The van der Waals surface area contributed by atoms with E-state index in [4.69, 9.17) is 14.2 Å². The molecule has 1 aromatic carbocycles. The van der Waals surface area contributed by atoms with Crippen molar-refractivity contribution in [1.29, 1.82) is 0 Å². The fourth-order valence-electron chi connectivity index (χ4n) is 1.73. The van der Waals surface area contributed by atoms with Gasteiger partial charge in [0.2, 0.25) is 0 Å². The van der Waals surface area contributed by atoms with Gasteiger partial charge in [-0.05, 0) is 12.1 Å². The van der Waals surface area contributed by atoms with Gasteiger partial charge in [0.25, 0.3) is 0 Å². The number of carbonyl (C=O) groups excluding carboxylic acids is 2. The first-order valence-electron chi connectivity index (χ1n) is 6.10. The summed E-state index contributed by atoms with van der Waals surface area (Å²) in [4.78, 5) is 22.9. The van der Waals surface area contributed by atoms with Crippen molar-refractivity contribution in [2.75, 3.05) is 21.3 Å². The highest BCUT2D eigenvalue weighted by molar-refractivity contribution is 5.89. The Labute approximate surface area is 123 Å². The molecule has 0 aliphatic carbocycles. The van der Waals surface area contributed by atoms with Crippen molar-refractivity contribution in [2.24, 2.45) is 0 Å². The van der Waals surface area contributed by atoms with Gasteiger partial charge >= 0.3 is 11.9 Å². The highest BCUT2D eigenvalue weighted by Gasteiger charge is 2.25. The van der Waals surface area contributed by atoms with E-state index in [9.17, 15) is 9.59 Å². The summed E-state index contributed by atoms with van der Waals surface area (Å²) in [5.41, 5.74) is 0.500. The molecule has 0 fully saturated rings. The number of ether oxygens (including phenoxy) is 4. The molecule has 0 amide bonds. The van der Waals surface area contributed by atoms with Crippen LogP contribution in [0, 0.1) is 0 Å². The zero-order valence-electron chi connectivity index (χ0n) is 12.5. The lowest BCUT2D eigenvalue weighted by atomic mass is 10.0. The van der Waals surface area contributed by atoms with Crippen molar-refractivity contribution in [1.82, 2.24) is 0 Å². The molecule has 0 saturated carbocycles. The van der Waals surface area contributed by atoms with Crippen molar-refractivity contribution in [3.05, 3.63) is 35.9 Å². The van der Waals surface area contributed by atoms with Crippen LogP contribution in [-0.2, 0) is 19.1 Å². The maximum absolute atomic E-state index is 11.6. The van der Waals surface area contributed by atoms with Crippen LogP contribution in [0.2, 0.25) is 0 Å². The largest absolute Gasteiger partial charge is 0.497 e. The second kappa shape index (κ2) is 7.33. The molecule has 0 aromatic heterocycles. The first kappa shape index (κ1) is 16.6. The second-order valence-electron chi connectivity index (χ2n) is 4.15. The molecule has 0 N–H and O–H groups in total. The van der Waals surface area contributed by atoms with Crippen molar-refractivity contribution >= 4 is 11.9 Å². The Bertz CT molecular complexity index is 527. The van der Waals surface area contributed by atoms with Gasteiger partial charge in [-0.25, -0.2) is 4.79 Å². The van der Waals surface area contributed by atoms with E-state index in [-0.39, 0.29) is 5.57 Å². The molecule has 1 atom stereocenters. The van der Waals surface area contributed by atoms with Gasteiger partial charge in [-0.3, -0.25) is 4.79 Å². The van der Waals surface area contributed by atoms with Gasteiger partial charge in [0.1, 0.15) is 11.5 Å². The fraction of sp³-hybridized carbons (Fsp3) is 0.333. The third kappa shape index (κ3) is 4.24. The van der Waals surface area contributed by atoms with Crippen molar-refractivity contribution < 1.29 is 28.5 Å². The van der Waals surface area contributed by atoms with Gasteiger partial charge < -0.3 is 18.9 Å². The van der Waals surface area contributed by atoms with E-state index in [2.05, 4.69) is 11.3 Å². The lowest BCUT2D eigenvalue weighted by Gasteiger charge is -2.19. The molecule has 0 aliphatic heterocycles. The number of rotatable bonds is 6. The van der Waals surface area contributed by atoms with E-state index in [1.807, 2.05) is 0 Å². The van der Waals surface area contributed by atoms with Gasteiger partial charge in [0.15, 0.2) is 6.10 Å². The summed E-state index contributed by atoms with van der Waals surface area (Å²) in [7, 11) is 4.22. The first-order valence-corrected chi connectivity index (χ1v) is 6.10. The molecule has 0 heterocycles. The van der Waals surface area contributed by atoms with Crippen LogP contribution >= 0.6 is 0 Å². The zero-order chi connectivity index (χ0) is 16.0. The Kier molecular flexibility index (Phi) is 5.78. The third-order valence-electron chi connectivity index (χ3n) is 2.72. The first-order chi connectivity index (χ1) is 9.92. The van der Waals surface area contributed by atoms with Crippen LogP contribution in [0.4, 0.5) is 0 Å². The monoisotopic (exact) mass is 294 g/mol. The number of benzene rings is 1. The summed E-state index contributed by atoms with van der Waals surface area (Å²) in [5.74, 6) is -0.215. The molecular formula is C15H18O6. The standard InChI is InChI=1S/C15H18O6/c1-9(15(17)20-5)14(21-10(2)16)11-6-12(18-3)8-13(7-11)19-4/h6-8,14H,1H2,2-5H3. The Morgan fingerprint density at radius 3 is 1.95 bits per heavy atom. The highest BCUT2D eigenvalue weighted by Crippen LogP contribution is 2.32. The molecule has 1 aromatic rings. The van der Waals surface area contributed by atoms with Crippen LogP contribution in [0.15, 0.2) is 30.4 Å². The molecular weight excluding hydrogens is 276 g/mol. The third-order valence-corrected chi connectivity index (χ3v) is 2.72. The van der Waals surface area contributed by atoms with E-state index in [0.29, 0.717) is 17.1 Å². The van der Waals surface area contributed by atoms with Gasteiger partial charge in [-0.1, -0.05) is 6.58 Å². The summed E-state index contributed by atoms with van der Waals surface area (Å²) in [6.07, 6.45) is -0.973. The van der Waals surface area contributed by atoms with Crippen LogP contribution < -0.4 is 9.47 Å². The SMILES string of the molecule is C=C(C(=O)OC)C(OC(C)=O)c1cc(OC)cc(OC)c1. The summed E-state index contributed by atoms with van der Waals surface area (Å²) >= 11 is 0. The predicted molar refractivity (Wildman–Crippen MR) is 75.2 cm³/mol. The molecule has 1 unspecified atom stereocenters. The van der Waals surface area contributed by atoms with E-state index >= 15 is 0 Å². The van der Waals surface area contributed by atoms with Gasteiger partial charge in [0, 0.05) is 18.6 Å². The summed E-state index contributed by atoms with van der Waals surface area (Å²) in [6.45, 7) is 4.88. The molecule has 1 rings (SSSR count). The maximum atomic E-state index is 11.6. The molecule has 6 heteroatoms. The van der Waals surface area contributed by atoms with Crippen molar-refractivity contribution in [2.45, 2.75) is 13.0 Å². The number of methoxy groups -OCH3 is 3. The summed E-state index contributed by atoms with van der Waals surface area (Å²) < 4.78 is 20.1. The van der Waals surface area contributed by atoms with Crippen LogP contribution in [0.5, 0.6) is 11.5 Å². The molecule has 0 aliphatic rings. The minimum atomic E-state index is -0.973. The second-order valence-corrected chi connectivity index (χ2v) is 4.15. The van der Waals surface area contributed by atoms with Crippen LogP contribution in [0.25, 0.3) is 0 Å². The lowest BCUT2D eigenvalue weighted by Crippen LogP contribution is -2.17. The fourth-order valence-corrected chi connectivity index (χ4v) is 1.73. The zero-order valence-corrected chi connectivity index (χ0v) is 12.5. The number of hydrogen-bond acceptors (Lipinski definition) is 6. The van der Waals surface area contributed by atoms with Crippen molar-refractivity contribution in [3.63, 3.8) is 0 Å². The van der Waals surface area contributed by atoms with E-state index in [1.54, 1.807) is 18.2 Å². The number of hydrogen-bond donors (Lipinski definition) is 0. The molecule has 0 saturated heterocycles. The van der Waals surface area contributed by atoms with Crippen LogP contribution in [0.3, 0.4) is 0 Å². The number of esters is 2. The molecule has 0 spiro atoms. The van der Waals surface area contributed by atoms with Gasteiger partial charge in [-0.2, -0.15) is 0 Å². The van der Waals surface area contributed by atoms with E-state index in [1.165, 1.54) is 28.3 Å². The number of carbonyl (C=O) groups is 2. The Balaban J connectivity index is 3.27. The molecule has 6 nitrogen and oxygen atoms in total. The molecule has 0 radical (unpaired) electrons. The maximum Gasteiger partial charge on any atom is 0.337 e. The topological polar surface area (TPSA) is 71.1 Å². The van der Waals surface area contributed by atoms with E-state index < -0.39 is 18.0 Å². The Morgan fingerprint density at radius 1 is 1.05 bits per heavy atom. The highest BCUT2D eigenvalue weighted by atomic mass is 16.6. The summed E-state index contributed by atoms with van der Waals surface area (Å²) in [6, 6.07) is 4.92. The average molecular weight is 294 g/mol. The van der Waals surface area contributed by atoms with Crippen LogP contribution in [0.1, 0.15) is 18.6 Å². The smallest absolute Gasteiger partial charge is 0.337 e. The average Bonchev–Trinajstić information content (AvgIpc) is 2.50. The van der Waals surface area contributed by atoms with Gasteiger partial charge in [0.05, 0.1) is 26.9 Å². The molecule has 0 bridgehead atoms. The normalized spacial score (nSPS) is 11.2. The Hall–Kier alpha value is -2.50. The minimum Gasteiger partial charge on any atom is -0.497 e. The van der Waals surface area contributed by atoms with E-state index in [0.717, 1.165) is 0 Å². The van der Waals surface area contributed by atoms with Crippen LogP contribution in [-0.4, -0.2) is 33.3 Å². The predicted octanol–water partition coefficient (Wildman–Crippen LogP) is 2.04.